The van der Waals surface area contributed by atoms with Gasteiger partial charge >= 0.3 is 5.97 Å². The van der Waals surface area contributed by atoms with Gasteiger partial charge in [0.2, 0.25) is 0 Å². The van der Waals surface area contributed by atoms with E-state index in [1.807, 2.05) is 6.92 Å². The minimum absolute atomic E-state index is 0.202. The van der Waals surface area contributed by atoms with E-state index in [2.05, 4.69) is 10.1 Å². The molecular formula is C9H17NO3. The van der Waals surface area contributed by atoms with Gasteiger partial charge in [0.25, 0.3) is 0 Å². The molecule has 76 valence electrons. The Balaban J connectivity index is 2.25. The summed E-state index contributed by atoms with van der Waals surface area (Å²) < 4.78 is 9.83. The number of rotatable bonds is 3. The van der Waals surface area contributed by atoms with Gasteiger partial charge in [-0.3, -0.25) is 4.79 Å². The molecule has 0 spiro atoms. The van der Waals surface area contributed by atoms with Gasteiger partial charge in [-0.2, -0.15) is 0 Å². The van der Waals surface area contributed by atoms with Crippen molar-refractivity contribution in [3.05, 3.63) is 0 Å². The largest absolute Gasteiger partial charge is 0.468 e. The second-order valence-corrected chi connectivity index (χ2v) is 3.30. The molecule has 0 unspecified atom stereocenters. The third-order valence-electron chi connectivity index (χ3n) is 2.26. The number of carbonyl (C=O) groups is 1. The monoisotopic (exact) mass is 187 g/mol. The Hall–Kier alpha value is -0.610. The molecule has 4 heteroatoms. The Morgan fingerprint density at radius 1 is 1.54 bits per heavy atom. The maximum Gasteiger partial charge on any atom is 0.322 e. The third-order valence-corrected chi connectivity index (χ3v) is 2.26. The molecule has 1 aliphatic heterocycles. The minimum atomic E-state index is -0.215. The molecule has 0 amide bonds. The Kier molecular flexibility index (Phi) is 4.18. The first-order valence-corrected chi connectivity index (χ1v) is 4.65. The van der Waals surface area contributed by atoms with Crippen LogP contribution in [0.25, 0.3) is 0 Å². The molecule has 1 aliphatic rings. The highest BCUT2D eigenvalue weighted by Gasteiger charge is 2.19. The van der Waals surface area contributed by atoms with Crippen molar-refractivity contribution >= 4 is 5.97 Å². The summed E-state index contributed by atoms with van der Waals surface area (Å²) >= 11 is 0. The number of hydrogen-bond acceptors (Lipinski definition) is 4. The summed E-state index contributed by atoms with van der Waals surface area (Å²) in [7, 11) is 1.41. The first-order chi connectivity index (χ1) is 6.24. The lowest BCUT2D eigenvalue weighted by Crippen LogP contribution is -2.44. The van der Waals surface area contributed by atoms with Crippen molar-refractivity contribution in [1.29, 1.82) is 0 Å². The Morgan fingerprint density at radius 2 is 2.15 bits per heavy atom. The van der Waals surface area contributed by atoms with Gasteiger partial charge in [0.05, 0.1) is 7.11 Å². The standard InChI is InChI=1S/C9H17NO3/c1-7(9(11)12-2)10-8-3-5-13-6-4-8/h7-8,10H,3-6H2,1-2H3/t7-/m0/s1. The highest BCUT2D eigenvalue weighted by atomic mass is 16.5. The smallest absolute Gasteiger partial charge is 0.322 e. The molecule has 1 N–H and O–H groups in total. The van der Waals surface area contributed by atoms with E-state index < -0.39 is 0 Å². The predicted molar refractivity (Wildman–Crippen MR) is 48.5 cm³/mol. The zero-order valence-corrected chi connectivity index (χ0v) is 8.21. The molecule has 0 radical (unpaired) electrons. The molecule has 0 aromatic heterocycles. The van der Waals surface area contributed by atoms with E-state index in [0.29, 0.717) is 6.04 Å². The molecular weight excluding hydrogens is 170 g/mol. The summed E-state index contributed by atoms with van der Waals surface area (Å²) in [5.74, 6) is -0.202. The normalized spacial score (nSPS) is 21.1. The SMILES string of the molecule is COC(=O)[C@H](C)NC1CCOCC1. The van der Waals surface area contributed by atoms with E-state index in [-0.39, 0.29) is 12.0 Å². The summed E-state index contributed by atoms with van der Waals surface area (Å²) in [6.07, 6.45) is 1.95. The first kappa shape index (κ1) is 10.5. The topological polar surface area (TPSA) is 47.6 Å². The van der Waals surface area contributed by atoms with Crippen LogP contribution >= 0.6 is 0 Å². The van der Waals surface area contributed by atoms with Crippen molar-refractivity contribution < 1.29 is 14.3 Å². The average Bonchev–Trinajstić information content (AvgIpc) is 2.18. The maximum atomic E-state index is 11.1. The van der Waals surface area contributed by atoms with Crippen molar-refractivity contribution in [2.45, 2.75) is 31.8 Å². The number of hydrogen-bond donors (Lipinski definition) is 1. The first-order valence-electron chi connectivity index (χ1n) is 4.65. The highest BCUT2D eigenvalue weighted by Crippen LogP contribution is 2.07. The third kappa shape index (κ3) is 3.32. The molecule has 0 aliphatic carbocycles. The zero-order valence-electron chi connectivity index (χ0n) is 8.21. The fourth-order valence-corrected chi connectivity index (χ4v) is 1.46. The van der Waals surface area contributed by atoms with Crippen LogP contribution in [-0.4, -0.2) is 38.4 Å². The van der Waals surface area contributed by atoms with E-state index in [1.54, 1.807) is 0 Å². The van der Waals surface area contributed by atoms with Gasteiger partial charge < -0.3 is 14.8 Å². The van der Waals surface area contributed by atoms with Crippen LogP contribution in [0.4, 0.5) is 0 Å². The Labute approximate surface area is 78.6 Å². The molecule has 0 aromatic carbocycles. The lowest BCUT2D eigenvalue weighted by Gasteiger charge is -2.25. The molecule has 1 fully saturated rings. The predicted octanol–water partition coefficient (Wildman–Crippen LogP) is 0.316. The average molecular weight is 187 g/mol. The molecule has 4 nitrogen and oxygen atoms in total. The Bertz CT molecular complexity index is 166. The molecule has 1 rings (SSSR count). The highest BCUT2D eigenvalue weighted by molar-refractivity contribution is 5.75. The van der Waals surface area contributed by atoms with Crippen molar-refractivity contribution in [1.82, 2.24) is 5.32 Å². The number of ether oxygens (including phenoxy) is 2. The molecule has 1 heterocycles. The van der Waals surface area contributed by atoms with Gasteiger partial charge in [0.15, 0.2) is 0 Å². The van der Waals surface area contributed by atoms with Crippen LogP contribution in [0.15, 0.2) is 0 Å². The number of methoxy groups -OCH3 is 1. The lowest BCUT2D eigenvalue weighted by molar-refractivity contribution is -0.143. The van der Waals surface area contributed by atoms with Gasteiger partial charge in [0.1, 0.15) is 6.04 Å². The quantitative estimate of drug-likeness (QED) is 0.646. The molecule has 0 aromatic rings. The fraction of sp³-hybridized carbons (Fsp3) is 0.889. The minimum Gasteiger partial charge on any atom is -0.468 e. The number of carbonyl (C=O) groups excluding carboxylic acids is 1. The second-order valence-electron chi connectivity index (χ2n) is 3.30. The Morgan fingerprint density at radius 3 is 2.69 bits per heavy atom. The summed E-state index contributed by atoms with van der Waals surface area (Å²) in [6.45, 7) is 3.39. The van der Waals surface area contributed by atoms with Crippen molar-refractivity contribution in [3.8, 4) is 0 Å². The summed E-state index contributed by atoms with van der Waals surface area (Å²) in [6, 6.07) is 0.177. The molecule has 1 saturated heterocycles. The number of nitrogens with one attached hydrogen (secondary N) is 1. The van der Waals surface area contributed by atoms with Crippen LogP contribution < -0.4 is 5.32 Å². The van der Waals surface area contributed by atoms with Gasteiger partial charge in [-0.1, -0.05) is 0 Å². The van der Waals surface area contributed by atoms with Crippen molar-refractivity contribution in [3.63, 3.8) is 0 Å². The van der Waals surface area contributed by atoms with E-state index in [4.69, 9.17) is 4.74 Å². The van der Waals surface area contributed by atoms with Crippen LogP contribution in [0.2, 0.25) is 0 Å². The van der Waals surface area contributed by atoms with Gasteiger partial charge in [-0.05, 0) is 19.8 Å². The van der Waals surface area contributed by atoms with E-state index in [1.165, 1.54) is 7.11 Å². The lowest BCUT2D eigenvalue weighted by atomic mass is 10.1. The van der Waals surface area contributed by atoms with Crippen LogP contribution in [0.1, 0.15) is 19.8 Å². The van der Waals surface area contributed by atoms with Crippen LogP contribution in [0.5, 0.6) is 0 Å². The van der Waals surface area contributed by atoms with Crippen LogP contribution in [0.3, 0.4) is 0 Å². The van der Waals surface area contributed by atoms with Gasteiger partial charge in [0, 0.05) is 19.3 Å². The van der Waals surface area contributed by atoms with Crippen molar-refractivity contribution in [2.75, 3.05) is 20.3 Å². The molecule has 1 atom stereocenters. The summed E-state index contributed by atoms with van der Waals surface area (Å²) in [4.78, 5) is 11.1. The van der Waals surface area contributed by atoms with E-state index in [9.17, 15) is 4.79 Å². The van der Waals surface area contributed by atoms with Crippen LogP contribution in [0, 0.1) is 0 Å². The van der Waals surface area contributed by atoms with E-state index in [0.717, 1.165) is 26.1 Å². The maximum absolute atomic E-state index is 11.1. The molecule has 0 saturated carbocycles. The van der Waals surface area contributed by atoms with Gasteiger partial charge in [-0.15, -0.1) is 0 Å². The van der Waals surface area contributed by atoms with E-state index >= 15 is 0 Å². The van der Waals surface area contributed by atoms with Crippen molar-refractivity contribution in [2.24, 2.45) is 0 Å². The summed E-state index contributed by atoms with van der Waals surface area (Å²) in [5.41, 5.74) is 0. The number of esters is 1. The van der Waals surface area contributed by atoms with Gasteiger partial charge in [-0.25, -0.2) is 0 Å². The zero-order chi connectivity index (χ0) is 9.68. The molecule has 0 bridgehead atoms. The fourth-order valence-electron chi connectivity index (χ4n) is 1.46. The second kappa shape index (κ2) is 5.19. The van der Waals surface area contributed by atoms with Crippen LogP contribution in [-0.2, 0) is 14.3 Å². The molecule has 13 heavy (non-hydrogen) atoms. The summed E-state index contributed by atoms with van der Waals surface area (Å²) in [5, 5.41) is 3.21.